The monoisotopic (exact) mass is 272 g/mol. The van der Waals surface area contributed by atoms with Gasteiger partial charge in [0.1, 0.15) is 0 Å². The van der Waals surface area contributed by atoms with E-state index in [1.807, 2.05) is 0 Å². The highest BCUT2D eigenvalue weighted by Gasteiger charge is 2.85. The van der Waals surface area contributed by atoms with Gasteiger partial charge in [-0.3, -0.25) is 0 Å². The smallest absolute Gasteiger partial charge is 0.198 e. The predicted molar refractivity (Wildman–Crippen MR) is 45.8 cm³/mol. The van der Waals surface area contributed by atoms with Crippen LogP contribution < -0.4 is 4.57 Å². The summed E-state index contributed by atoms with van der Waals surface area (Å²) in [5.74, 6) is -19.5. The molecule has 0 saturated carbocycles. The normalized spacial score (nSPS) is 24.4. The van der Waals surface area contributed by atoms with E-state index >= 15 is 0 Å². The van der Waals surface area contributed by atoms with E-state index in [9.17, 15) is 30.7 Å². The number of hydrogen-bond donors (Lipinski definition) is 0. The van der Waals surface area contributed by atoms with E-state index in [1.54, 1.807) is 0 Å². The number of aromatic nitrogens is 1. The Morgan fingerprint density at radius 3 is 1.67 bits per heavy atom. The van der Waals surface area contributed by atoms with Gasteiger partial charge in [0.05, 0.1) is 0 Å². The summed E-state index contributed by atoms with van der Waals surface area (Å²) >= 11 is 0. The lowest BCUT2D eigenvalue weighted by molar-refractivity contribution is -0.595. The maximum Gasteiger partial charge on any atom is 0.401 e. The first-order valence-electron chi connectivity index (χ1n) is 4.65. The second kappa shape index (κ2) is 3.46. The molecule has 1 aromatic rings. The minimum absolute atomic E-state index is 0.212. The lowest BCUT2D eigenvalue weighted by Crippen LogP contribution is -2.52. The van der Waals surface area contributed by atoms with Crippen LogP contribution in [0.25, 0.3) is 5.70 Å². The first-order chi connectivity index (χ1) is 8.14. The predicted octanol–water partition coefficient (Wildman–Crippen LogP) is 3.03. The molecule has 0 fully saturated rings. The van der Waals surface area contributed by atoms with Gasteiger partial charge in [-0.25, -0.2) is 0 Å². The van der Waals surface area contributed by atoms with E-state index in [1.165, 1.54) is 6.07 Å². The van der Waals surface area contributed by atoms with E-state index in [0.29, 0.717) is 0 Å². The maximum atomic E-state index is 13.3. The standard InChI is InChI=1S/C10H5F7N/c11-6-7(18-4-2-1-3-5-18)9(14,15)10(16,17)8(6,12)13/h1-5H/q+1. The molecule has 0 saturated heterocycles. The van der Waals surface area contributed by atoms with Crippen molar-refractivity contribution in [1.29, 1.82) is 0 Å². The lowest BCUT2D eigenvalue weighted by Gasteiger charge is -2.22. The van der Waals surface area contributed by atoms with Crippen molar-refractivity contribution in [3.63, 3.8) is 0 Å². The quantitative estimate of drug-likeness (QED) is 0.546. The van der Waals surface area contributed by atoms with Crippen LogP contribution in [-0.4, -0.2) is 17.8 Å². The van der Waals surface area contributed by atoms with Crippen LogP contribution in [0.2, 0.25) is 0 Å². The fourth-order valence-corrected chi connectivity index (χ4v) is 1.59. The van der Waals surface area contributed by atoms with Crippen molar-refractivity contribution in [3.8, 4) is 0 Å². The fraction of sp³-hybridized carbons (Fsp3) is 0.300. The van der Waals surface area contributed by atoms with Crippen LogP contribution in [0.3, 0.4) is 0 Å². The molecule has 1 heterocycles. The van der Waals surface area contributed by atoms with Gasteiger partial charge in [-0.2, -0.15) is 35.3 Å². The molecule has 1 aliphatic carbocycles. The van der Waals surface area contributed by atoms with Gasteiger partial charge in [0.25, 0.3) is 0 Å². The summed E-state index contributed by atoms with van der Waals surface area (Å²) < 4.78 is 91.5. The molecular formula is C10H5F7N+. The van der Waals surface area contributed by atoms with E-state index in [2.05, 4.69) is 0 Å². The van der Waals surface area contributed by atoms with Crippen molar-refractivity contribution in [2.24, 2.45) is 0 Å². The SMILES string of the molecule is FC1=C([n+]2ccccc2)C(F)(F)C(F)(F)C1(F)F. The molecule has 1 aliphatic rings. The summed E-state index contributed by atoms with van der Waals surface area (Å²) in [6.07, 6.45) is 1.56. The third-order valence-electron chi connectivity index (χ3n) is 2.54. The molecule has 1 nitrogen and oxygen atoms in total. The topological polar surface area (TPSA) is 3.88 Å². The van der Waals surface area contributed by atoms with Crippen LogP contribution >= 0.6 is 0 Å². The fourth-order valence-electron chi connectivity index (χ4n) is 1.59. The van der Waals surface area contributed by atoms with Gasteiger partial charge in [0.15, 0.2) is 12.4 Å². The van der Waals surface area contributed by atoms with Gasteiger partial charge in [-0.15, -0.1) is 0 Å². The van der Waals surface area contributed by atoms with Gasteiger partial charge >= 0.3 is 23.5 Å². The molecule has 0 N–H and O–H groups in total. The van der Waals surface area contributed by atoms with Crippen molar-refractivity contribution in [3.05, 3.63) is 36.4 Å². The Morgan fingerprint density at radius 1 is 0.778 bits per heavy atom. The first-order valence-corrected chi connectivity index (χ1v) is 4.65. The Kier molecular flexibility index (Phi) is 2.47. The molecule has 1 aromatic heterocycles. The highest BCUT2D eigenvalue weighted by Crippen LogP contribution is 2.59. The zero-order valence-corrected chi connectivity index (χ0v) is 8.48. The molecule has 2 rings (SSSR count). The van der Waals surface area contributed by atoms with E-state index < -0.39 is 29.3 Å². The van der Waals surface area contributed by atoms with Crippen molar-refractivity contribution in [2.75, 3.05) is 0 Å². The number of rotatable bonds is 1. The Bertz CT molecular complexity index is 506. The highest BCUT2D eigenvalue weighted by atomic mass is 19.3. The molecule has 18 heavy (non-hydrogen) atoms. The van der Waals surface area contributed by atoms with Crippen molar-refractivity contribution in [2.45, 2.75) is 17.8 Å². The molecule has 0 aliphatic heterocycles. The molecular weight excluding hydrogens is 267 g/mol. The van der Waals surface area contributed by atoms with Crippen molar-refractivity contribution < 1.29 is 35.3 Å². The van der Waals surface area contributed by atoms with Crippen LogP contribution in [0.5, 0.6) is 0 Å². The average Bonchev–Trinajstić information content (AvgIpc) is 2.37. The second-order valence-corrected chi connectivity index (χ2v) is 3.67. The minimum Gasteiger partial charge on any atom is -0.198 e. The van der Waals surface area contributed by atoms with Gasteiger partial charge in [-0.05, 0) is 0 Å². The Balaban J connectivity index is 2.70. The van der Waals surface area contributed by atoms with Crippen LogP contribution in [-0.2, 0) is 0 Å². The van der Waals surface area contributed by atoms with Crippen LogP contribution in [0.1, 0.15) is 0 Å². The summed E-state index contributed by atoms with van der Waals surface area (Å²) in [4.78, 5) is 0. The average molecular weight is 272 g/mol. The van der Waals surface area contributed by atoms with Crippen molar-refractivity contribution >= 4 is 5.70 Å². The van der Waals surface area contributed by atoms with Crippen LogP contribution in [0.4, 0.5) is 30.7 Å². The van der Waals surface area contributed by atoms with E-state index in [0.717, 1.165) is 24.5 Å². The third-order valence-corrected chi connectivity index (χ3v) is 2.54. The number of allylic oxidation sites excluding steroid dienone is 2. The van der Waals surface area contributed by atoms with Gasteiger partial charge in [0, 0.05) is 12.1 Å². The molecule has 8 heteroatoms. The molecule has 98 valence electrons. The molecule has 0 radical (unpaired) electrons. The zero-order valence-electron chi connectivity index (χ0n) is 8.48. The molecule has 0 atom stereocenters. The molecule has 0 spiro atoms. The van der Waals surface area contributed by atoms with E-state index in [4.69, 9.17) is 0 Å². The lowest BCUT2D eigenvalue weighted by atomic mass is 10.1. The second-order valence-electron chi connectivity index (χ2n) is 3.67. The number of pyridine rings is 1. The Morgan fingerprint density at radius 2 is 1.28 bits per heavy atom. The first kappa shape index (κ1) is 12.8. The van der Waals surface area contributed by atoms with Crippen LogP contribution in [0.15, 0.2) is 36.4 Å². The zero-order chi connectivity index (χ0) is 13.8. The molecule has 0 unspecified atom stereocenters. The van der Waals surface area contributed by atoms with Crippen LogP contribution in [0, 0.1) is 0 Å². The summed E-state index contributed by atoms with van der Waals surface area (Å²) in [6, 6.07) is 3.56. The Labute approximate surface area is 96.1 Å². The molecule has 0 amide bonds. The number of hydrogen-bond acceptors (Lipinski definition) is 0. The summed E-state index contributed by atoms with van der Waals surface area (Å²) in [5.41, 5.74) is -2.04. The molecule has 0 aromatic carbocycles. The Hall–Kier alpha value is -1.60. The van der Waals surface area contributed by atoms with Gasteiger partial charge < -0.3 is 0 Å². The summed E-state index contributed by atoms with van der Waals surface area (Å²) in [5, 5.41) is 0. The minimum atomic E-state index is -5.80. The number of halogens is 7. The number of nitrogens with zero attached hydrogens (tertiary/aromatic N) is 1. The number of alkyl halides is 6. The summed E-state index contributed by atoms with van der Waals surface area (Å²) in [7, 11) is 0. The third kappa shape index (κ3) is 1.31. The largest absolute Gasteiger partial charge is 0.401 e. The van der Waals surface area contributed by atoms with E-state index in [-0.39, 0.29) is 4.57 Å². The van der Waals surface area contributed by atoms with Gasteiger partial charge in [-0.1, -0.05) is 6.07 Å². The summed E-state index contributed by atoms with van der Waals surface area (Å²) in [6.45, 7) is 0. The van der Waals surface area contributed by atoms with Crippen molar-refractivity contribution in [1.82, 2.24) is 0 Å². The van der Waals surface area contributed by atoms with Gasteiger partial charge in [0.2, 0.25) is 5.83 Å². The molecule has 0 bridgehead atoms. The maximum absolute atomic E-state index is 13.3. The highest BCUT2D eigenvalue weighted by molar-refractivity contribution is 5.57.